The van der Waals surface area contributed by atoms with E-state index in [0.29, 0.717) is 11.9 Å². The Morgan fingerprint density at radius 3 is 2.58 bits per heavy atom. The SMILES string of the molecule is CC1CC(C)C(C)N(CCCC(C)(C)C(N)=NO)C1. The van der Waals surface area contributed by atoms with Crippen LogP contribution >= 0.6 is 0 Å². The summed E-state index contributed by atoms with van der Waals surface area (Å²) in [5.74, 6) is 1.91. The van der Waals surface area contributed by atoms with Crippen molar-refractivity contribution in [1.82, 2.24) is 4.90 Å². The van der Waals surface area contributed by atoms with E-state index in [1.54, 1.807) is 0 Å². The fourth-order valence-corrected chi connectivity index (χ4v) is 3.12. The molecular weight excluding hydrogens is 238 g/mol. The molecule has 0 radical (unpaired) electrons. The maximum absolute atomic E-state index is 8.78. The van der Waals surface area contributed by atoms with Gasteiger partial charge in [0, 0.05) is 18.0 Å². The number of likely N-dealkylation sites (tertiary alicyclic amines) is 1. The molecule has 112 valence electrons. The predicted octanol–water partition coefficient (Wildman–Crippen LogP) is 2.91. The molecule has 0 spiro atoms. The highest BCUT2D eigenvalue weighted by Crippen LogP contribution is 2.28. The molecule has 3 atom stereocenters. The molecule has 0 aromatic rings. The highest BCUT2D eigenvalue weighted by molar-refractivity contribution is 5.85. The van der Waals surface area contributed by atoms with Crippen molar-refractivity contribution in [3.63, 3.8) is 0 Å². The summed E-state index contributed by atoms with van der Waals surface area (Å²) in [6.45, 7) is 13.4. The maximum atomic E-state index is 8.78. The molecule has 0 amide bonds. The summed E-state index contributed by atoms with van der Waals surface area (Å²) in [7, 11) is 0. The fraction of sp³-hybridized carbons (Fsp3) is 0.933. The standard InChI is InChI=1S/C15H31N3O/c1-11-9-12(2)13(3)18(10-11)8-6-7-15(4,5)14(16)17-19/h11-13,19H,6-10H2,1-5H3,(H2,16,17). The van der Waals surface area contributed by atoms with Crippen LogP contribution in [0, 0.1) is 17.3 Å². The smallest absolute Gasteiger partial charge is 0.144 e. The highest BCUT2D eigenvalue weighted by atomic mass is 16.4. The van der Waals surface area contributed by atoms with Gasteiger partial charge in [-0.3, -0.25) is 0 Å². The minimum Gasteiger partial charge on any atom is -0.409 e. The van der Waals surface area contributed by atoms with Crippen molar-refractivity contribution in [3.8, 4) is 0 Å². The second-order valence-electron chi connectivity index (χ2n) is 7.03. The molecule has 4 heteroatoms. The van der Waals surface area contributed by atoms with E-state index in [1.165, 1.54) is 13.0 Å². The second-order valence-corrected chi connectivity index (χ2v) is 7.03. The first-order valence-electron chi connectivity index (χ1n) is 7.50. The van der Waals surface area contributed by atoms with Gasteiger partial charge >= 0.3 is 0 Å². The van der Waals surface area contributed by atoms with Crippen molar-refractivity contribution in [2.75, 3.05) is 13.1 Å². The summed E-state index contributed by atoms with van der Waals surface area (Å²) in [5.41, 5.74) is 5.51. The van der Waals surface area contributed by atoms with Gasteiger partial charge in [-0.25, -0.2) is 0 Å². The number of piperidine rings is 1. The van der Waals surface area contributed by atoms with Crippen LogP contribution in [-0.4, -0.2) is 35.1 Å². The molecule has 4 nitrogen and oxygen atoms in total. The van der Waals surface area contributed by atoms with Crippen LogP contribution in [0.1, 0.15) is 53.9 Å². The zero-order valence-electron chi connectivity index (χ0n) is 13.2. The summed E-state index contributed by atoms with van der Waals surface area (Å²) >= 11 is 0. The van der Waals surface area contributed by atoms with Crippen molar-refractivity contribution < 1.29 is 5.21 Å². The number of nitrogens with two attached hydrogens (primary N) is 1. The monoisotopic (exact) mass is 269 g/mol. The quantitative estimate of drug-likeness (QED) is 0.349. The number of hydrogen-bond acceptors (Lipinski definition) is 3. The molecule has 1 saturated heterocycles. The Morgan fingerprint density at radius 1 is 1.37 bits per heavy atom. The van der Waals surface area contributed by atoms with Crippen LogP contribution in [0.5, 0.6) is 0 Å². The molecule has 1 aliphatic rings. The van der Waals surface area contributed by atoms with Crippen LogP contribution in [0.15, 0.2) is 5.16 Å². The van der Waals surface area contributed by atoms with E-state index >= 15 is 0 Å². The molecule has 0 aromatic heterocycles. The van der Waals surface area contributed by atoms with Crippen molar-refractivity contribution in [2.24, 2.45) is 28.1 Å². The molecule has 0 aliphatic carbocycles. The Labute approximate surface area is 118 Å². The average Bonchev–Trinajstić information content (AvgIpc) is 2.33. The van der Waals surface area contributed by atoms with Gasteiger partial charge in [-0.2, -0.15) is 0 Å². The van der Waals surface area contributed by atoms with Gasteiger partial charge in [0.15, 0.2) is 0 Å². The molecule has 3 N–H and O–H groups in total. The minimum absolute atomic E-state index is 0.217. The van der Waals surface area contributed by atoms with Crippen molar-refractivity contribution in [2.45, 2.75) is 59.9 Å². The van der Waals surface area contributed by atoms with E-state index < -0.39 is 0 Å². The van der Waals surface area contributed by atoms with Crippen molar-refractivity contribution >= 4 is 5.84 Å². The van der Waals surface area contributed by atoms with Crippen LogP contribution in [0.4, 0.5) is 0 Å². The van der Waals surface area contributed by atoms with E-state index in [-0.39, 0.29) is 5.41 Å². The first-order valence-corrected chi connectivity index (χ1v) is 7.50. The molecule has 1 aliphatic heterocycles. The van der Waals surface area contributed by atoms with Gasteiger partial charge in [-0.15, -0.1) is 0 Å². The summed E-state index contributed by atoms with van der Waals surface area (Å²) in [6, 6.07) is 0.670. The molecule has 3 unspecified atom stereocenters. The molecule has 1 fully saturated rings. The molecule has 0 bridgehead atoms. The number of oxime groups is 1. The third kappa shape index (κ3) is 4.37. The zero-order valence-corrected chi connectivity index (χ0v) is 13.2. The van der Waals surface area contributed by atoms with E-state index in [2.05, 4.69) is 30.8 Å². The van der Waals surface area contributed by atoms with Crippen LogP contribution in [-0.2, 0) is 0 Å². The van der Waals surface area contributed by atoms with Crippen molar-refractivity contribution in [3.05, 3.63) is 0 Å². The number of rotatable bonds is 5. The van der Waals surface area contributed by atoms with Gasteiger partial charge in [0.1, 0.15) is 5.84 Å². The highest BCUT2D eigenvalue weighted by Gasteiger charge is 2.29. The molecule has 1 heterocycles. The van der Waals surface area contributed by atoms with Crippen LogP contribution in [0.2, 0.25) is 0 Å². The Balaban J connectivity index is 2.44. The molecule has 0 saturated carbocycles. The minimum atomic E-state index is -0.217. The molecule has 19 heavy (non-hydrogen) atoms. The number of amidine groups is 1. The lowest BCUT2D eigenvalue weighted by atomic mass is 9.84. The lowest BCUT2D eigenvalue weighted by molar-refractivity contribution is 0.0765. The summed E-state index contributed by atoms with van der Waals surface area (Å²) in [4.78, 5) is 2.60. The molecule has 1 rings (SSSR count). The van der Waals surface area contributed by atoms with Gasteiger partial charge in [0.2, 0.25) is 0 Å². The largest absolute Gasteiger partial charge is 0.409 e. The zero-order chi connectivity index (χ0) is 14.6. The van der Waals surface area contributed by atoms with E-state index in [1.807, 2.05) is 13.8 Å². The van der Waals surface area contributed by atoms with Gasteiger partial charge in [0.25, 0.3) is 0 Å². The first-order chi connectivity index (χ1) is 8.77. The van der Waals surface area contributed by atoms with Gasteiger partial charge in [0.05, 0.1) is 0 Å². The topological polar surface area (TPSA) is 61.8 Å². The maximum Gasteiger partial charge on any atom is 0.144 e. The Kier molecular flexibility index (Phi) is 5.65. The lowest BCUT2D eigenvalue weighted by Gasteiger charge is -2.41. The number of nitrogens with zero attached hydrogens (tertiary/aromatic N) is 2. The Hall–Kier alpha value is -0.770. The third-order valence-electron chi connectivity index (χ3n) is 4.77. The number of hydrogen-bond donors (Lipinski definition) is 2. The Bertz CT molecular complexity index is 315. The van der Waals surface area contributed by atoms with E-state index in [0.717, 1.165) is 31.2 Å². The van der Waals surface area contributed by atoms with Gasteiger partial charge in [-0.05, 0) is 44.6 Å². The van der Waals surface area contributed by atoms with Gasteiger partial charge < -0.3 is 15.8 Å². The van der Waals surface area contributed by atoms with Crippen molar-refractivity contribution in [1.29, 1.82) is 0 Å². The van der Waals surface area contributed by atoms with Crippen LogP contribution in [0.25, 0.3) is 0 Å². The summed E-state index contributed by atoms with van der Waals surface area (Å²) in [5, 5.41) is 11.9. The van der Waals surface area contributed by atoms with E-state index in [4.69, 9.17) is 10.9 Å². The fourth-order valence-electron chi connectivity index (χ4n) is 3.12. The second kappa shape index (κ2) is 6.60. The Morgan fingerprint density at radius 2 is 2.00 bits per heavy atom. The molecular formula is C15H31N3O. The predicted molar refractivity (Wildman–Crippen MR) is 80.4 cm³/mol. The average molecular weight is 269 g/mol. The third-order valence-corrected chi connectivity index (χ3v) is 4.77. The van der Waals surface area contributed by atoms with E-state index in [9.17, 15) is 0 Å². The molecule has 0 aromatic carbocycles. The normalized spacial score (nSPS) is 30.6. The lowest BCUT2D eigenvalue weighted by Crippen LogP contribution is -2.46. The summed E-state index contributed by atoms with van der Waals surface area (Å²) in [6.07, 6.45) is 3.38. The summed E-state index contributed by atoms with van der Waals surface area (Å²) < 4.78 is 0. The van der Waals surface area contributed by atoms with Crippen LogP contribution in [0.3, 0.4) is 0 Å². The van der Waals surface area contributed by atoms with Gasteiger partial charge in [-0.1, -0.05) is 32.9 Å². The first kappa shape index (κ1) is 16.3. The van der Waals surface area contributed by atoms with Crippen LogP contribution < -0.4 is 5.73 Å².